The molecule has 0 spiro atoms. The maximum absolute atomic E-state index is 13.0. The third-order valence-corrected chi connectivity index (χ3v) is 12.1. The number of cyclic esters (lactones) is 1. The lowest BCUT2D eigenvalue weighted by Gasteiger charge is -2.63. The SMILES string of the molecule is CO[C@@H]1[C@@H](O)[C@H](C)O[C@@H](O[C@H]2CC[C@@]3(C=O)[C@H](CC[C@@H]4[C@@H]3CC[C@]3(C)[C@@H](C5=CC(=O)OC5)CC[C@]43O)C2)[C@@H]1O. The summed E-state index contributed by atoms with van der Waals surface area (Å²) in [5.74, 6) is 0.152. The fourth-order valence-electron chi connectivity index (χ4n) is 10.00. The Kier molecular flexibility index (Phi) is 7.04. The zero-order valence-corrected chi connectivity index (χ0v) is 23.3. The molecule has 13 atom stereocenters. The Balaban J connectivity index is 1.18. The molecule has 0 radical (unpaired) electrons. The number of hydrogen-bond donors (Lipinski definition) is 3. The molecule has 9 heteroatoms. The van der Waals surface area contributed by atoms with Crippen molar-refractivity contribution in [2.24, 2.45) is 34.5 Å². The Morgan fingerprint density at radius 2 is 1.85 bits per heavy atom. The molecule has 2 heterocycles. The number of fused-ring (bicyclic) bond motifs is 5. The summed E-state index contributed by atoms with van der Waals surface area (Å²) in [5, 5.41) is 33.4. The molecule has 0 aromatic rings. The van der Waals surface area contributed by atoms with Crippen molar-refractivity contribution < 1.29 is 43.9 Å². The number of carbonyl (C=O) groups excluding carboxylic acids is 2. The summed E-state index contributed by atoms with van der Waals surface area (Å²) >= 11 is 0. The van der Waals surface area contributed by atoms with Gasteiger partial charge in [-0.2, -0.15) is 0 Å². The first-order valence-corrected chi connectivity index (χ1v) is 14.8. The van der Waals surface area contributed by atoms with Gasteiger partial charge in [0.1, 0.15) is 31.2 Å². The van der Waals surface area contributed by atoms with Crippen LogP contribution in [-0.4, -0.2) is 83.7 Å². The minimum Gasteiger partial charge on any atom is -0.458 e. The van der Waals surface area contributed by atoms with Gasteiger partial charge in [-0.25, -0.2) is 4.79 Å². The van der Waals surface area contributed by atoms with Crippen LogP contribution in [0.25, 0.3) is 0 Å². The molecule has 1 saturated heterocycles. The summed E-state index contributed by atoms with van der Waals surface area (Å²) in [5.41, 5.74) is -0.682. The summed E-state index contributed by atoms with van der Waals surface area (Å²) in [6.07, 6.45) is 5.39. The van der Waals surface area contributed by atoms with Crippen LogP contribution >= 0.6 is 0 Å². The molecular weight excluding hydrogens is 504 g/mol. The Morgan fingerprint density at radius 3 is 2.54 bits per heavy atom. The van der Waals surface area contributed by atoms with Crippen LogP contribution in [0.1, 0.15) is 71.6 Å². The molecule has 6 rings (SSSR count). The number of methoxy groups -OCH3 is 1. The second-order valence-electron chi connectivity index (χ2n) is 13.4. The number of aldehydes is 1. The third-order valence-electron chi connectivity index (χ3n) is 12.1. The van der Waals surface area contributed by atoms with Crippen molar-refractivity contribution in [3.8, 4) is 0 Å². The molecule has 2 aliphatic heterocycles. The fourth-order valence-corrected chi connectivity index (χ4v) is 10.00. The molecule has 5 fully saturated rings. The number of hydrogen-bond acceptors (Lipinski definition) is 9. The highest BCUT2D eigenvalue weighted by Crippen LogP contribution is 2.69. The van der Waals surface area contributed by atoms with Crippen LogP contribution in [-0.2, 0) is 28.5 Å². The zero-order valence-electron chi connectivity index (χ0n) is 23.3. The van der Waals surface area contributed by atoms with Crippen LogP contribution in [0.3, 0.4) is 0 Å². The minimum absolute atomic E-state index is 0.0482. The Labute approximate surface area is 230 Å². The van der Waals surface area contributed by atoms with E-state index in [1.807, 2.05) is 0 Å². The highest BCUT2D eigenvalue weighted by atomic mass is 16.7. The van der Waals surface area contributed by atoms with E-state index < -0.39 is 41.7 Å². The molecule has 6 aliphatic rings. The molecule has 9 nitrogen and oxygen atoms in total. The lowest BCUT2D eigenvalue weighted by Crippen LogP contribution is -2.63. The van der Waals surface area contributed by atoms with Gasteiger partial charge < -0.3 is 39.1 Å². The van der Waals surface area contributed by atoms with E-state index in [1.54, 1.807) is 13.0 Å². The van der Waals surface area contributed by atoms with Crippen molar-refractivity contribution >= 4 is 12.3 Å². The zero-order chi connectivity index (χ0) is 27.7. The maximum Gasteiger partial charge on any atom is 0.331 e. The van der Waals surface area contributed by atoms with Gasteiger partial charge >= 0.3 is 5.97 Å². The molecule has 39 heavy (non-hydrogen) atoms. The molecule has 4 saturated carbocycles. The summed E-state index contributed by atoms with van der Waals surface area (Å²) in [6, 6.07) is 0. The number of aliphatic hydroxyl groups is 3. The molecule has 0 unspecified atom stereocenters. The smallest absolute Gasteiger partial charge is 0.331 e. The van der Waals surface area contributed by atoms with Gasteiger partial charge in [-0.15, -0.1) is 0 Å². The monoisotopic (exact) mass is 548 g/mol. The van der Waals surface area contributed by atoms with Crippen molar-refractivity contribution in [2.45, 2.75) is 114 Å². The lowest BCUT2D eigenvalue weighted by molar-refractivity contribution is -0.312. The van der Waals surface area contributed by atoms with E-state index in [-0.39, 0.29) is 41.2 Å². The number of carbonyl (C=O) groups is 2. The highest BCUT2D eigenvalue weighted by Gasteiger charge is 2.68. The van der Waals surface area contributed by atoms with Crippen molar-refractivity contribution in [3.63, 3.8) is 0 Å². The number of rotatable bonds is 5. The third kappa shape index (κ3) is 4.02. The van der Waals surface area contributed by atoms with E-state index >= 15 is 0 Å². The summed E-state index contributed by atoms with van der Waals surface area (Å²) in [4.78, 5) is 24.8. The lowest BCUT2D eigenvalue weighted by atomic mass is 9.43. The van der Waals surface area contributed by atoms with Crippen LogP contribution in [0.5, 0.6) is 0 Å². The predicted molar refractivity (Wildman–Crippen MR) is 138 cm³/mol. The van der Waals surface area contributed by atoms with Crippen molar-refractivity contribution in [2.75, 3.05) is 13.7 Å². The minimum atomic E-state index is -1.11. The topological polar surface area (TPSA) is 132 Å². The normalized spacial score (nSPS) is 53.3. The first kappa shape index (κ1) is 27.8. The van der Waals surface area contributed by atoms with Gasteiger partial charge in [0.15, 0.2) is 6.29 Å². The van der Waals surface area contributed by atoms with Gasteiger partial charge in [0.2, 0.25) is 0 Å². The molecular formula is C30H44O9. The van der Waals surface area contributed by atoms with Gasteiger partial charge in [0.05, 0.1) is 17.8 Å². The molecule has 0 bridgehead atoms. The summed E-state index contributed by atoms with van der Waals surface area (Å²) < 4.78 is 22.6. The molecule has 0 amide bonds. The van der Waals surface area contributed by atoms with Gasteiger partial charge in [-0.3, -0.25) is 0 Å². The van der Waals surface area contributed by atoms with Gasteiger partial charge in [-0.05, 0) is 94.0 Å². The average Bonchev–Trinajstić information content (AvgIpc) is 3.47. The van der Waals surface area contributed by atoms with Crippen LogP contribution in [0.2, 0.25) is 0 Å². The quantitative estimate of drug-likeness (QED) is 0.269. The fraction of sp³-hybridized carbons (Fsp3) is 0.867. The molecule has 0 aromatic carbocycles. The number of ether oxygens (including phenoxy) is 4. The van der Waals surface area contributed by atoms with E-state index in [2.05, 4.69) is 6.92 Å². The summed E-state index contributed by atoms with van der Waals surface area (Å²) in [7, 11) is 1.46. The molecule has 0 aromatic heterocycles. The Bertz CT molecular complexity index is 1010. The van der Waals surface area contributed by atoms with E-state index in [0.717, 1.165) is 37.7 Å². The molecule has 4 aliphatic carbocycles. The predicted octanol–water partition coefficient (Wildman–Crippen LogP) is 2.29. The largest absolute Gasteiger partial charge is 0.458 e. The maximum atomic E-state index is 13.0. The van der Waals surface area contributed by atoms with Gasteiger partial charge in [0, 0.05) is 24.0 Å². The van der Waals surface area contributed by atoms with Crippen LogP contribution in [0.15, 0.2) is 11.6 Å². The first-order chi connectivity index (χ1) is 18.6. The van der Waals surface area contributed by atoms with E-state index in [9.17, 15) is 24.9 Å². The molecule has 3 N–H and O–H groups in total. The van der Waals surface area contributed by atoms with Crippen LogP contribution < -0.4 is 0 Å². The number of esters is 1. The van der Waals surface area contributed by atoms with Crippen LogP contribution in [0.4, 0.5) is 0 Å². The highest BCUT2D eigenvalue weighted by molar-refractivity contribution is 5.85. The van der Waals surface area contributed by atoms with E-state index in [1.165, 1.54) is 13.4 Å². The number of aliphatic hydroxyl groups excluding tert-OH is 2. The van der Waals surface area contributed by atoms with Crippen molar-refractivity contribution in [1.29, 1.82) is 0 Å². The first-order valence-electron chi connectivity index (χ1n) is 14.8. The van der Waals surface area contributed by atoms with E-state index in [0.29, 0.717) is 32.3 Å². The van der Waals surface area contributed by atoms with Crippen molar-refractivity contribution in [3.05, 3.63) is 11.6 Å². The summed E-state index contributed by atoms with van der Waals surface area (Å²) in [6.45, 7) is 4.25. The molecule has 218 valence electrons. The second kappa shape index (κ2) is 9.88. The van der Waals surface area contributed by atoms with Gasteiger partial charge in [0.25, 0.3) is 0 Å². The average molecular weight is 549 g/mol. The second-order valence-corrected chi connectivity index (χ2v) is 13.4. The Hall–Kier alpha value is -1.36. The van der Waals surface area contributed by atoms with Crippen LogP contribution in [0, 0.1) is 34.5 Å². The van der Waals surface area contributed by atoms with Gasteiger partial charge in [-0.1, -0.05) is 6.92 Å². The van der Waals surface area contributed by atoms with Crippen molar-refractivity contribution in [1.82, 2.24) is 0 Å². The standard InChI is InChI=1S/C30H44O9/c1-16-24(33)26(36-3)25(34)27(38-16)39-19-6-10-29(15-31)18(13-19)4-5-22-21(29)7-9-28(2)20(8-11-30(22,28)35)17-12-23(32)37-14-17/h12,15-16,18-22,24-27,33-35H,4-11,13-14H2,1-3H3/t16-,18+,19-,20+,21-,22+,24-,25+,26+,27-,28+,29+,30-/m0/s1. The van der Waals surface area contributed by atoms with E-state index in [4.69, 9.17) is 18.9 Å². The Morgan fingerprint density at radius 1 is 1.05 bits per heavy atom.